The number of carbonyl (C=O) groups excluding carboxylic acids is 1. The summed E-state index contributed by atoms with van der Waals surface area (Å²) in [5, 5.41) is 2.41. The molecule has 6 heteroatoms. The first-order valence-electron chi connectivity index (χ1n) is 4.36. The van der Waals surface area contributed by atoms with Crippen molar-refractivity contribution < 1.29 is 9.53 Å². The van der Waals surface area contributed by atoms with Gasteiger partial charge in [-0.3, -0.25) is 0 Å². The number of benzene rings is 1. The van der Waals surface area contributed by atoms with Gasteiger partial charge in [0.15, 0.2) is 0 Å². The third kappa shape index (κ3) is 6.05. The minimum atomic E-state index is -1.59. The molecule has 0 aliphatic rings. The number of halogens is 3. The molecule has 0 bridgehead atoms. The minimum Gasteiger partial charge on any atom is -0.445 e. The van der Waals surface area contributed by atoms with Gasteiger partial charge in [-0.2, -0.15) is 0 Å². The predicted octanol–water partition coefficient (Wildman–Crippen LogP) is 3.29. The molecule has 1 aromatic carbocycles. The van der Waals surface area contributed by atoms with Crippen LogP contribution in [-0.4, -0.2) is 16.5 Å². The number of ether oxygens (including phenoxy) is 1. The first-order chi connectivity index (χ1) is 7.47. The van der Waals surface area contributed by atoms with E-state index in [2.05, 4.69) is 10.1 Å². The molecular weight excluding hydrogens is 272 g/mol. The van der Waals surface area contributed by atoms with Gasteiger partial charge >= 0.3 is 6.09 Å². The molecule has 1 aromatic rings. The van der Waals surface area contributed by atoms with Crippen LogP contribution in [0.1, 0.15) is 5.56 Å². The first-order valence-corrected chi connectivity index (χ1v) is 5.49. The lowest BCUT2D eigenvalue weighted by Crippen LogP contribution is -2.26. The van der Waals surface area contributed by atoms with Crippen LogP contribution in [0.15, 0.2) is 30.3 Å². The van der Waals surface area contributed by atoms with Crippen LogP contribution < -0.4 is 5.32 Å². The highest BCUT2D eigenvalue weighted by Crippen LogP contribution is 2.25. The van der Waals surface area contributed by atoms with Crippen molar-refractivity contribution in [2.45, 2.75) is 3.79 Å². The molecule has 0 saturated carbocycles. The lowest BCUT2D eigenvalue weighted by atomic mass is 10.2. The van der Waals surface area contributed by atoms with Crippen LogP contribution in [-0.2, 0) is 4.74 Å². The van der Waals surface area contributed by atoms with E-state index in [0.717, 1.165) is 5.56 Å². The molecule has 3 nitrogen and oxygen atoms in total. The van der Waals surface area contributed by atoms with Gasteiger partial charge in [0.05, 0.1) is 6.54 Å². The Hall–Kier alpha value is -0.640. The molecule has 0 spiro atoms. The molecule has 0 saturated heterocycles. The molecule has 16 heavy (non-hydrogen) atoms. The van der Waals surface area contributed by atoms with E-state index < -0.39 is 9.89 Å². The van der Waals surface area contributed by atoms with Crippen molar-refractivity contribution >= 4 is 40.9 Å². The number of hydrogen-bond donors (Lipinski definition) is 1. The van der Waals surface area contributed by atoms with E-state index in [1.165, 1.54) is 6.54 Å². The lowest BCUT2D eigenvalue weighted by Gasteiger charge is -2.11. The topological polar surface area (TPSA) is 38.3 Å². The summed E-state index contributed by atoms with van der Waals surface area (Å²) in [6, 6.07) is 9.23. The van der Waals surface area contributed by atoms with Crippen molar-refractivity contribution in [1.29, 1.82) is 0 Å². The van der Waals surface area contributed by atoms with Crippen molar-refractivity contribution in [2.24, 2.45) is 0 Å². The summed E-state index contributed by atoms with van der Waals surface area (Å²) >= 11 is 16.2. The maximum Gasteiger partial charge on any atom is 0.407 e. The lowest BCUT2D eigenvalue weighted by molar-refractivity contribution is 0.151. The quantitative estimate of drug-likeness (QED) is 0.863. The zero-order chi connectivity index (χ0) is 12.0. The molecule has 0 aliphatic carbocycles. The van der Waals surface area contributed by atoms with Gasteiger partial charge in [-0.15, -0.1) is 0 Å². The van der Waals surface area contributed by atoms with E-state index in [1.54, 1.807) is 0 Å². The van der Waals surface area contributed by atoms with Crippen molar-refractivity contribution in [3.05, 3.63) is 42.4 Å². The van der Waals surface area contributed by atoms with Crippen LogP contribution >= 0.6 is 34.8 Å². The molecule has 0 unspecified atom stereocenters. The average Bonchev–Trinajstić information content (AvgIpc) is 2.24. The number of hydrogen-bond acceptors (Lipinski definition) is 2. The van der Waals surface area contributed by atoms with Gasteiger partial charge in [0, 0.05) is 0 Å². The van der Waals surface area contributed by atoms with E-state index in [4.69, 9.17) is 34.8 Å². The van der Waals surface area contributed by atoms with Gasteiger partial charge in [-0.05, 0) is 5.56 Å². The van der Waals surface area contributed by atoms with Crippen LogP contribution in [0.5, 0.6) is 0 Å². The second-order valence-corrected chi connectivity index (χ2v) is 5.41. The van der Waals surface area contributed by atoms with Gasteiger partial charge in [-0.1, -0.05) is 65.1 Å². The molecule has 1 amide bonds. The van der Waals surface area contributed by atoms with E-state index >= 15 is 0 Å². The summed E-state index contributed by atoms with van der Waals surface area (Å²) in [6.07, 6.45) is -0.671. The number of amides is 1. The Morgan fingerprint density at radius 1 is 1.31 bits per heavy atom. The summed E-state index contributed by atoms with van der Waals surface area (Å²) < 4.78 is 3.06. The SMILES string of the molecule is O=C(N[CH]c1ccccc1)OCC(Cl)(Cl)Cl. The molecule has 0 aliphatic heterocycles. The second kappa shape index (κ2) is 6.18. The zero-order valence-electron chi connectivity index (χ0n) is 8.12. The third-order valence-electron chi connectivity index (χ3n) is 1.52. The fraction of sp³-hybridized carbons (Fsp3) is 0.200. The maximum atomic E-state index is 11.1. The smallest absolute Gasteiger partial charge is 0.407 e. The highest BCUT2D eigenvalue weighted by Gasteiger charge is 2.21. The fourth-order valence-electron chi connectivity index (χ4n) is 0.881. The maximum absolute atomic E-state index is 11.1. The van der Waals surface area contributed by atoms with E-state index in [-0.39, 0.29) is 6.61 Å². The molecule has 0 heterocycles. The van der Waals surface area contributed by atoms with E-state index in [1.807, 2.05) is 30.3 Å². The second-order valence-electron chi connectivity index (χ2n) is 2.89. The summed E-state index contributed by atoms with van der Waals surface area (Å²) in [5.74, 6) is 0. The molecule has 87 valence electrons. The van der Waals surface area contributed by atoms with Crippen molar-refractivity contribution in [1.82, 2.24) is 5.32 Å². The van der Waals surface area contributed by atoms with Gasteiger partial charge < -0.3 is 10.1 Å². The predicted molar refractivity (Wildman–Crippen MR) is 64.6 cm³/mol. The normalized spacial score (nSPS) is 10.9. The molecule has 0 fully saturated rings. The Morgan fingerprint density at radius 2 is 1.94 bits per heavy atom. The van der Waals surface area contributed by atoms with Crippen LogP contribution in [0.25, 0.3) is 0 Å². The Labute approximate surface area is 109 Å². The van der Waals surface area contributed by atoms with Gasteiger partial charge in [-0.25, -0.2) is 4.79 Å². The van der Waals surface area contributed by atoms with Gasteiger partial charge in [0.1, 0.15) is 6.61 Å². The van der Waals surface area contributed by atoms with Gasteiger partial charge in [0.25, 0.3) is 0 Å². The Bertz CT molecular complexity index is 338. The monoisotopic (exact) mass is 280 g/mol. The average molecular weight is 282 g/mol. The Kier molecular flexibility index (Phi) is 5.19. The number of alkyl carbamates (subject to hydrolysis) is 1. The highest BCUT2D eigenvalue weighted by molar-refractivity contribution is 6.67. The van der Waals surface area contributed by atoms with Gasteiger partial charge in [0.2, 0.25) is 3.79 Å². The standard InChI is InChI=1S/C10H9Cl3NO2/c11-10(12,13)7-16-9(15)14-6-8-4-2-1-3-5-8/h1-6H,7H2,(H,14,15). The van der Waals surface area contributed by atoms with Crippen molar-refractivity contribution in [3.8, 4) is 0 Å². The molecule has 0 aromatic heterocycles. The number of nitrogens with one attached hydrogen (secondary N) is 1. The molecule has 1 N–H and O–H groups in total. The Morgan fingerprint density at radius 3 is 2.50 bits per heavy atom. The molecule has 1 rings (SSSR count). The number of alkyl halides is 3. The minimum absolute atomic E-state index is 0.299. The summed E-state index contributed by atoms with van der Waals surface area (Å²) in [6.45, 7) is 1.20. The molecule has 1 radical (unpaired) electrons. The van der Waals surface area contributed by atoms with Crippen molar-refractivity contribution in [3.63, 3.8) is 0 Å². The third-order valence-corrected chi connectivity index (χ3v) is 1.85. The number of carbonyl (C=O) groups is 1. The fourth-order valence-corrected chi connectivity index (χ4v) is 1.04. The summed E-state index contributed by atoms with van der Waals surface area (Å²) in [5.41, 5.74) is 0.841. The van der Waals surface area contributed by atoms with Crippen LogP contribution in [0.3, 0.4) is 0 Å². The first kappa shape index (κ1) is 13.4. The summed E-state index contributed by atoms with van der Waals surface area (Å²) in [7, 11) is 0. The molecular formula is C10H9Cl3NO2. The van der Waals surface area contributed by atoms with E-state index in [0.29, 0.717) is 0 Å². The number of rotatable bonds is 3. The zero-order valence-corrected chi connectivity index (χ0v) is 10.4. The van der Waals surface area contributed by atoms with Crippen LogP contribution in [0.2, 0.25) is 0 Å². The van der Waals surface area contributed by atoms with Crippen molar-refractivity contribution in [2.75, 3.05) is 6.61 Å². The Balaban J connectivity index is 2.26. The van der Waals surface area contributed by atoms with Crippen LogP contribution in [0, 0.1) is 6.54 Å². The van der Waals surface area contributed by atoms with E-state index in [9.17, 15) is 4.79 Å². The largest absolute Gasteiger partial charge is 0.445 e. The van der Waals surface area contributed by atoms with Crippen LogP contribution in [0.4, 0.5) is 4.79 Å². The summed E-state index contributed by atoms with van der Waals surface area (Å²) in [4.78, 5) is 11.1. The highest BCUT2D eigenvalue weighted by atomic mass is 35.6. The molecule has 0 atom stereocenters.